The number of hydrogen-bond donors (Lipinski definition) is 2. The summed E-state index contributed by atoms with van der Waals surface area (Å²) in [5.41, 5.74) is 5.60. The molecular formula is C11H24N2O. The third-order valence-electron chi connectivity index (χ3n) is 2.34. The Kier molecular flexibility index (Phi) is 5.13. The molecule has 1 unspecified atom stereocenters. The molecule has 3 nitrogen and oxygen atoms in total. The van der Waals surface area contributed by atoms with E-state index in [1.54, 1.807) is 0 Å². The average Bonchev–Trinajstić information content (AvgIpc) is 2.01. The van der Waals surface area contributed by atoms with E-state index in [1.807, 2.05) is 13.8 Å². The van der Waals surface area contributed by atoms with E-state index in [0.717, 1.165) is 6.42 Å². The molecule has 3 heteroatoms. The summed E-state index contributed by atoms with van der Waals surface area (Å²) < 4.78 is 0. The van der Waals surface area contributed by atoms with Gasteiger partial charge in [-0.1, -0.05) is 34.6 Å². The summed E-state index contributed by atoms with van der Waals surface area (Å²) in [5.74, 6) is 0.149. The number of rotatable bonds is 4. The normalized spacial score (nSPS) is 14.2. The van der Waals surface area contributed by atoms with E-state index in [9.17, 15) is 4.79 Å². The van der Waals surface area contributed by atoms with Crippen LogP contribution in [0.1, 0.15) is 41.0 Å². The lowest BCUT2D eigenvalue weighted by Gasteiger charge is -2.31. The van der Waals surface area contributed by atoms with Crippen LogP contribution in [0.5, 0.6) is 0 Å². The fourth-order valence-electron chi connectivity index (χ4n) is 1.23. The van der Waals surface area contributed by atoms with Gasteiger partial charge in [-0.15, -0.1) is 0 Å². The Morgan fingerprint density at radius 1 is 1.36 bits per heavy atom. The molecule has 0 aliphatic rings. The van der Waals surface area contributed by atoms with Gasteiger partial charge in [0.1, 0.15) is 0 Å². The van der Waals surface area contributed by atoms with E-state index in [2.05, 4.69) is 26.1 Å². The zero-order valence-electron chi connectivity index (χ0n) is 10.1. The summed E-state index contributed by atoms with van der Waals surface area (Å²) in [5, 5.41) is 3.04. The Balaban J connectivity index is 4.31. The predicted octanol–water partition coefficient (Wildman–Crippen LogP) is 1.52. The van der Waals surface area contributed by atoms with Gasteiger partial charge < -0.3 is 11.1 Å². The van der Waals surface area contributed by atoms with Crippen molar-refractivity contribution in [3.63, 3.8) is 0 Å². The van der Waals surface area contributed by atoms with Gasteiger partial charge in [-0.05, 0) is 18.4 Å². The number of nitrogens with one attached hydrogen (secondary N) is 1. The Morgan fingerprint density at radius 2 is 1.86 bits per heavy atom. The lowest BCUT2D eigenvalue weighted by atomic mass is 9.84. The van der Waals surface area contributed by atoms with Crippen LogP contribution in [0.25, 0.3) is 0 Å². The summed E-state index contributed by atoms with van der Waals surface area (Å²) in [6.07, 6.45) is 0.835. The second-order valence-electron chi connectivity index (χ2n) is 5.16. The van der Waals surface area contributed by atoms with Crippen LogP contribution in [-0.2, 0) is 4.79 Å². The summed E-state index contributed by atoms with van der Waals surface area (Å²) in [7, 11) is 0. The Labute approximate surface area is 87.4 Å². The van der Waals surface area contributed by atoms with Gasteiger partial charge in [0.05, 0.1) is 0 Å². The van der Waals surface area contributed by atoms with Crippen molar-refractivity contribution in [2.24, 2.45) is 17.1 Å². The van der Waals surface area contributed by atoms with E-state index in [-0.39, 0.29) is 23.3 Å². The van der Waals surface area contributed by atoms with Crippen molar-refractivity contribution in [2.45, 2.75) is 47.1 Å². The van der Waals surface area contributed by atoms with E-state index in [0.29, 0.717) is 6.54 Å². The van der Waals surface area contributed by atoms with Crippen molar-refractivity contribution >= 4 is 5.91 Å². The van der Waals surface area contributed by atoms with Crippen LogP contribution in [-0.4, -0.2) is 18.5 Å². The molecule has 0 fully saturated rings. The summed E-state index contributed by atoms with van der Waals surface area (Å²) in [6.45, 7) is 10.8. The molecule has 0 rings (SSSR count). The van der Waals surface area contributed by atoms with Gasteiger partial charge in [0.15, 0.2) is 0 Å². The fraction of sp³-hybridized carbons (Fsp3) is 0.909. The molecule has 0 saturated heterocycles. The average molecular weight is 200 g/mol. The van der Waals surface area contributed by atoms with Crippen molar-refractivity contribution in [1.29, 1.82) is 0 Å². The number of amides is 1. The molecule has 0 bridgehead atoms. The lowest BCUT2D eigenvalue weighted by molar-refractivity contribution is -0.125. The van der Waals surface area contributed by atoms with E-state index in [4.69, 9.17) is 5.73 Å². The largest absolute Gasteiger partial charge is 0.353 e. The minimum absolute atomic E-state index is 0.0395. The second-order valence-corrected chi connectivity index (χ2v) is 5.16. The minimum atomic E-state index is 0.0395. The van der Waals surface area contributed by atoms with Gasteiger partial charge in [0.2, 0.25) is 5.91 Å². The molecule has 0 heterocycles. The molecule has 0 aromatic rings. The number of nitrogens with two attached hydrogens (primary N) is 1. The number of hydrogen-bond acceptors (Lipinski definition) is 2. The molecule has 1 atom stereocenters. The standard InChI is InChI=1S/C11H24N2O/c1-8(2)10(14)13-9(6-7-12)11(3,4)5/h8-9H,6-7,12H2,1-5H3,(H,13,14). The zero-order chi connectivity index (χ0) is 11.4. The first-order valence-corrected chi connectivity index (χ1v) is 5.29. The van der Waals surface area contributed by atoms with Crippen LogP contribution in [0.4, 0.5) is 0 Å². The van der Waals surface area contributed by atoms with Gasteiger partial charge in [-0.3, -0.25) is 4.79 Å². The third-order valence-corrected chi connectivity index (χ3v) is 2.34. The first kappa shape index (κ1) is 13.4. The minimum Gasteiger partial charge on any atom is -0.353 e. The van der Waals surface area contributed by atoms with Crippen LogP contribution in [0, 0.1) is 11.3 Å². The Morgan fingerprint density at radius 3 is 2.14 bits per heavy atom. The van der Waals surface area contributed by atoms with Crippen molar-refractivity contribution < 1.29 is 4.79 Å². The maximum atomic E-state index is 11.5. The summed E-state index contributed by atoms with van der Waals surface area (Å²) in [4.78, 5) is 11.5. The number of carbonyl (C=O) groups excluding carboxylic acids is 1. The van der Waals surface area contributed by atoms with Crippen molar-refractivity contribution in [3.8, 4) is 0 Å². The highest BCUT2D eigenvalue weighted by atomic mass is 16.1. The highest BCUT2D eigenvalue weighted by Gasteiger charge is 2.25. The quantitative estimate of drug-likeness (QED) is 0.723. The van der Waals surface area contributed by atoms with Gasteiger partial charge in [-0.25, -0.2) is 0 Å². The topological polar surface area (TPSA) is 55.1 Å². The first-order valence-electron chi connectivity index (χ1n) is 5.29. The van der Waals surface area contributed by atoms with Gasteiger partial charge in [0.25, 0.3) is 0 Å². The molecule has 0 aliphatic carbocycles. The lowest BCUT2D eigenvalue weighted by Crippen LogP contribution is -2.46. The van der Waals surface area contributed by atoms with Crippen molar-refractivity contribution in [1.82, 2.24) is 5.32 Å². The Hall–Kier alpha value is -0.570. The molecule has 14 heavy (non-hydrogen) atoms. The molecule has 0 radical (unpaired) electrons. The highest BCUT2D eigenvalue weighted by Crippen LogP contribution is 2.21. The maximum absolute atomic E-state index is 11.5. The Bertz CT molecular complexity index is 182. The molecule has 0 aliphatic heterocycles. The molecule has 0 aromatic carbocycles. The monoisotopic (exact) mass is 200 g/mol. The second kappa shape index (κ2) is 5.35. The molecule has 0 aromatic heterocycles. The predicted molar refractivity (Wildman–Crippen MR) is 59.9 cm³/mol. The van der Waals surface area contributed by atoms with Gasteiger partial charge in [-0.2, -0.15) is 0 Å². The fourth-order valence-corrected chi connectivity index (χ4v) is 1.23. The smallest absolute Gasteiger partial charge is 0.222 e. The first-order chi connectivity index (χ1) is 6.29. The van der Waals surface area contributed by atoms with Crippen LogP contribution in [0.15, 0.2) is 0 Å². The van der Waals surface area contributed by atoms with Gasteiger partial charge in [0, 0.05) is 12.0 Å². The van der Waals surface area contributed by atoms with Crippen LogP contribution < -0.4 is 11.1 Å². The van der Waals surface area contributed by atoms with Crippen molar-refractivity contribution in [3.05, 3.63) is 0 Å². The van der Waals surface area contributed by atoms with E-state index >= 15 is 0 Å². The zero-order valence-corrected chi connectivity index (χ0v) is 10.1. The van der Waals surface area contributed by atoms with Gasteiger partial charge >= 0.3 is 0 Å². The molecule has 0 spiro atoms. The third kappa shape index (κ3) is 4.61. The van der Waals surface area contributed by atoms with Crippen LogP contribution >= 0.6 is 0 Å². The molecule has 3 N–H and O–H groups in total. The highest BCUT2D eigenvalue weighted by molar-refractivity contribution is 5.78. The van der Waals surface area contributed by atoms with E-state index < -0.39 is 0 Å². The molecule has 1 amide bonds. The number of carbonyl (C=O) groups is 1. The summed E-state index contributed by atoms with van der Waals surface area (Å²) in [6, 6.07) is 0.169. The maximum Gasteiger partial charge on any atom is 0.222 e. The van der Waals surface area contributed by atoms with E-state index in [1.165, 1.54) is 0 Å². The molecule has 84 valence electrons. The molecule has 0 saturated carbocycles. The summed E-state index contributed by atoms with van der Waals surface area (Å²) >= 11 is 0. The van der Waals surface area contributed by atoms with Crippen molar-refractivity contribution in [2.75, 3.05) is 6.54 Å². The van der Waals surface area contributed by atoms with Crippen LogP contribution in [0.2, 0.25) is 0 Å². The molecular weight excluding hydrogens is 176 g/mol. The van der Waals surface area contributed by atoms with Crippen LogP contribution in [0.3, 0.4) is 0 Å². The SMILES string of the molecule is CC(C)C(=O)NC(CCN)C(C)(C)C.